The van der Waals surface area contributed by atoms with Crippen LogP contribution in [0.4, 0.5) is 5.82 Å². The van der Waals surface area contributed by atoms with Crippen LogP contribution in [0.5, 0.6) is 11.5 Å². The Balaban J connectivity index is 1.50. The van der Waals surface area contributed by atoms with Crippen LogP contribution in [0.25, 0.3) is 27.8 Å². The molecule has 3 aromatic carbocycles. The number of aryl methyl sites for hydroxylation is 2. The number of nitrogen functional groups attached to an aromatic ring is 1. The van der Waals surface area contributed by atoms with Gasteiger partial charge in [0.05, 0.1) is 21.4 Å². The molecular weight excluding hydrogens is 510 g/mol. The summed E-state index contributed by atoms with van der Waals surface area (Å²) < 4.78 is 7.86. The first kappa shape index (κ1) is 22.5. The SMILES string of the molecule is Cc1cc(-n2nc(N)c(=O)[nH]c2=O)cc(Br)c1Oc1ccc2nc(-c3ccccc3)cc(C)c2c1. The molecule has 0 radical (unpaired) electrons. The Kier molecular flexibility index (Phi) is 5.70. The number of fused-ring (bicyclic) bond motifs is 1. The van der Waals surface area contributed by atoms with Gasteiger partial charge in [0, 0.05) is 10.9 Å². The van der Waals surface area contributed by atoms with Crippen molar-refractivity contribution in [1.82, 2.24) is 19.7 Å². The fourth-order valence-corrected chi connectivity index (χ4v) is 4.49. The second-order valence-corrected chi connectivity index (χ2v) is 8.96. The summed E-state index contributed by atoms with van der Waals surface area (Å²) in [6.45, 7) is 3.90. The van der Waals surface area contributed by atoms with Gasteiger partial charge in [-0.25, -0.2) is 9.78 Å². The second-order valence-electron chi connectivity index (χ2n) is 8.10. The third kappa shape index (κ3) is 4.33. The van der Waals surface area contributed by atoms with E-state index in [-0.39, 0.29) is 5.82 Å². The van der Waals surface area contributed by atoms with Gasteiger partial charge < -0.3 is 10.5 Å². The summed E-state index contributed by atoms with van der Waals surface area (Å²) in [5, 5.41) is 4.87. The lowest BCUT2D eigenvalue weighted by atomic mass is 10.0. The number of benzene rings is 3. The third-order valence-corrected chi connectivity index (χ3v) is 6.18. The van der Waals surface area contributed by atoms with Gasteiger partial charge in [0.2, 0.25) is 5.82 Å². The van der Waals surface area contributed by atoms with Crippen molar-refractivity contribution >= 4 is 32.7 Å². The fraction of sp³-hybridized carbons (Fsp3) is 0.0769. The monoisotopic (exact) mass is 529 g/mol. The molecule has 0 aliphatic heterocycles. The van der Waals surface area contributed by atoms with Gasteiger partial charge in [0.25, 0.3) is 5.56 Å². The van der Waals surface area contributed by atoms with E-state index in [2.05, 4.69) is 39.0 Å². The van der Waals surface area contributed by atoms with Crippen molar-refractivity contribution in [3.05, 3.63) is 103 Å². The average molecular weight is 530 g/mol. The molecule has 35 heavy (non-hydrogen) atoms. The number of nitrogens with zero attached hydrogens (tertiary/aromatic N) is 3. The van der Waals surface area contributed by atoms with Crippen molar-refractivity contribution in [1.29, 1.82) is 0 Å². The topological polar surface area (TPSA) is 116 Å². The Hall–Kier alpha value is -4.24. The van der Waals surface area contributed by atoms with Crippen LogP contribution >= 0.6 is 15.9 Å². The first-order valence-electron chi connectivity index (χ1n) is 10.7. The molecule has 0 bridgehead atoms. The normalized spacial score (nSPS) is 11.1. The minimum Gasteiger partial charge on any atom is -0.456 e. The molecule has 8 nitrogen and oxygen atoms in total. The highest BCUT2D eigenvalue weighted by Crippen LogP contribution is 2.36. The van der Waals surface area contributed by atoms with Crippen LogP contribution in [0.15, 0.2) is 80.8 Å². The van der Waals surface area contributed by atoms with Crippen LogP contribution in [0, 0.1) is 13.8 Å². The first-order chi connectivity index (χ1) is 16.8. The van der Waals surface area contributed by atoms with Gasteiger partial charge in [-0.15, -0.1) is 5.10 Å². The minimum atomic E-state index is -0.723. The first-order valence-corrected chi connectivity index (χ1v) is 11.5. The molecule has 2 heterocycles. The molecule has 174 valence electrons. The lowest BCUT2D eigenvalue weighted by Gasteiger charge is -2.14. The van der Waals surface area contributed by atoms with E-state index in [0.717, 1.165) is 38.0 Å². The van der Waals surface area contributed by atoms with Crippen molar-refractivity contribution in [3.8, 4) is 28.4 Å². The molecule has 0 aliphatic rings. The number of hydrogen-bond acceptors (Lipinski definition) is 6. The second kappa shape index (κ2) is 8.84. The molecule has 0 atom stereocenters. The standard InChI is InChI=1S/C26H20BrN5O3/c1-14-11-22(16-6-4-3-5-7-16)29-21-9-8-18(13-19(14)21)35-23-15(2)10-17(12-20(23)27)32-26(34)30-25(33)24(28)31-32/h3-13H,1-2H3,(H2,28,31)(H,30,33,34). The maximum atomic E-state index is 12.2. The highest BCUT2D eigenvalue weighted by Gasteiger charge is 2.14. The highest BCUT2D eigenvalue weighted by atomic mass is 79.9. The summed E-state index contributed by atoms with van der Waals surface area (Å²) in [5.74, 6) is 0.939. The summed E-state index contributed by atoms with van der Waals surface area (Å²) in [6.07, 6.45) is 0. The molecule has 2 aromatic heterocycles. The van der Waals surface area contributed by atoms with Crippen LogP contribution in [-0.2, 0) is 0 Å². The van der Waals surface area contributed by atoms with Gasteiger partial charge in [-0.1, -0.05) is 30.3 Å². The Morgan fingerprint density at radius 2 is 1.74 bits per heavy atom. The number of halogens is 1. The van der Waals surface area contributed by atoms with Gasteiger partial charge in [0.1, 0.15) is 11.5 Å². The number of aromatic nitrogens is 4. The average Bonchev–Trinajstić information content (AvgIpc) is 2.84. The van der Waals surface area contributed by atoms with Crippen molar-refractivity contribution in [2.45, 2.75) is 13.8 Å². The van der Waals surface area contributed by atoms with Gasteiger partial charge in [-0.05, 0) is 77.3 Å². The highest BCUT2D eigenvalue weighted by molar-refractivity contribution is 9.10. The molecule has 0 aliphatic carbocycles. The Morgan fingerprint density at radius 3 is 2.49 bits per heavy atom. The maximum Gasteiger partial charge on any atom is 0.349 e. The Morgan fingerprint density at radius 1 is 0.971 bits per heavy atom. The summed E-state index contributed by atoms with van der Waals surface area (Å²) >= 11 is 3.53. The number of hydrogen-bond donors (Lipinski definition) is 2. The van der Waals surface area contributed by atoms with Crippen LogP contribution < -0.4 is 21.7 Å². The Labute approximate surface area is 208 Å². The van der Waals surface area contributed by atoms with Gasteiger partial charge in [0.15, 0.2) is 0 Å². The zero-order valence-corrected chi connectivity index (χ0v) is 20.5. The number of anilines is 1. The van der Waals surface area contributed by atoms with Crippen LogP contribution in [0.1, 0.15) is 11.1 Å². The zero-order chi connectivity index (χ0) is 24.7. The number of pyridine rings is 1. The number of nitrogens with two attached hydrogens (primary N) is 1. The quantitative estimate of drug-likeness (QED) is 0.342. The van der Waals surface area contributed by atoms with Crippen LogP contribution in [0.3, 0.4) is 0 Å². The molecule has 0 fully saturated rings. The number of nitrogens with one attached hydrogen (secondary N) is 1. The molecule has 5 aromatic rings. The van der Waals surface area contributed by atoms with Crippen molar-refractivity contribution < 1.29 is 4.74 Å². The number of aromatic amines is 1. The minimum absolute atomic E-state index is 0.297. The Bertz CT molecular complexity index is 1690. The predicted octanol–water partition coefficient (Wildman–Crippen LogP) is 4.89. The van der Waals surface area contributed by atoms with Crippen LogP contribution in [-0.4, -0.2) is 19.7 Å². The molecule has 0 amide bonds. The summed E-state index contributed by atoms with van der Waals surface area (Å²) in [5.41, 5.74) is 9.31. The molecule has 9 heteroatoms. The molecule has 0 spiro atoms. The molecular formula is C26H20BrN5O3. The molecule has 3 N–H and O–H groups in total. The van der Waals surface area contributed by atoms with E-state index in [0.29, 0.717) is 21.7 Å². The largest absolute Gasteiger partial charge is 0.456 e. The van der Waals surface area contributed by atoms with Crippen LogP contribution in [0.2, 0.25) is 0 Å². The van der Waals surface area contributed by atoms with E-state index in [4.69, 9.17) is 15.5 Å². The van der Waals surface area contributed by atoms with E-state index < -0.39 is 11.2 Å². The van der Waals surface area contributed by atoms with E-state index in [1.807, 2.05) is 55.5 Å². The van der Waals surface area contributed by atoms with E-state index in [1.165, 1.54) is 0 Å². The van der Waals surface area contributed by atoms with E-state index in [9.17, 15) is 9.59 Å². The summed E-state index contributed by atoms with van der Waals surface area (Å²) in [7, 11) is 0. The molecule has 0 unspecified atom stereocenters. The lowest BCUT2D eigenvalue weighted by molar-refractivity contribution is 0.476. The zero-order valence-electron chi connectivity index (χ0n) is 18.9. The van der Waals surface area contributed by atoms with Crippen molar-refractivity contribution in [2.24, 2.45) is 0 Å². The lowest BCUT2D eigenvalue weighted by Crippen LogP contribution is -2.33. The number of ether oxygens (including phenoxy) is 1. The van der Waals surface area contributed by atoms with Crippen molar-refractivity contribution in [2.75, 3.05) is 5.73 Å². The maximum absolute atomic E-state index is 12.2. The number of H-pyrrole nitrogens is 1. The van der Waals surface area contributed by atoms with E-state index >= 15 is 0 Å². The fourth-order valence-electron chi connectivity index (χ4n) is 3.86. The summed E-state index contributed by atoms with van der Waals surface area (Å²) in [4.78, 5) is 30.7. The summed E-state index contributed by atoms with van der Waals surface area (Å²) in [6, 6.07) is 21.3. The predicted molar refractivity (Wildman–Crippen MR) is 139 cm³/mol. The molecule has 5 rings (SSSR count). The van der Waals surface area contributed by atoms with Gasteiger partial charge in [-0.2, -0.15) is 4.68 Å². The van der Waals surface area contributed by atoms with Crippen molar-refractivity contribution in [3.63, 3.8) is 0 Å². The van der Waals surface area contributed by atoms with Gasteiger partial charge in [-0.3, -0.25) is 9.78 Å². The molecule has 0 saturated heterocycles. The molecule has 0 saturated carbocycles. The smallest absolute Gasteiger partial charge is 0.349 e. The van der Waals surface area contributed by atoms with Gasteiger partial charge >= 0.3 is 5.69 Å². The number of rotatable bonds is 4. The third-order valence-electron chi connectivity index (χ3n) is 5.59. The van der Waals surface area contributed by atoms with E-state index in [1.54, 1.807) is 12.1 Å².